The minimum atomic E-state index is -0.325. The molecule has 0 unspecified atom stereocenters. The zero-order valence-electron chi connectivity index (χ0n) is 12.7. The number of fused-ring (bicyclic) bond motifs is 1. The smallest absolute Gasteiger partial charge is 0.257 e. The lowest BCUT2D eigenvalue weighted by Gasteiger charge is -2.07. The second-order valence-corrected chi connectivity index (χ2v) is 6.60. The van der Waals surface area contributed by atoms with Gasteiger partial charge in [0.05, 0.1) is 29.0 Å². The van der Waals surface area contributed by atoms with E-state index in [1.807, 2.05) is 6.07 Å². The molecular formula is C16H12Cl2N2O3S. The molecule has 8 heteroatoms. The first-order chi connectivity index (χ1) is 11.5. The first-order valence-corrected chi connectivity index (χ1v) is 8.38. The van der Waals surface area contributed by atoms with E-state index in [9.17, 15) is 4.79 Å². The van der Waals surface area contributed by atoms with Crippen LogP contribution in [0.1, 0.15) is 10.4 Å². The number of carbonyl (C=O) groups excluding carboxylic acids is 1. The number of nitrogens with one attached hydrogen (secondary N) is 1. The van der Waals surface area contributed by atoms with E-state index in [0.29, 0.717) is 37.8 Å². The van der Waals surface area contributed by atoms with Crippen LogP contribution in [0.3, 0.4) is 0 Å². The van der Waals surface area contributed by atoms with Gasteiger partial charge in [0, 0.05) is 11.6 Å². The molecule has 1 N–H and O–H groups in total. The molecule has 24 heavy (non-hydrogen) atoms. The standard InChI is InChI=1S/C16H12Cl2N2O3S/c1-22-9-5-8(6-10(7-9)23-2)15(21)20-16-19-14-12(24-16)4-3-11(17)13(14)18/h3-7H,1-2H3,(H,19,20,21). The number of hydrogen-bond acceptors (Lipinski definition) is 5. The monoisotopic (exact) mass is 382 g/mol. The van der Waals surface area contributed by atoms with E-state index >= 15 is 0 Å². The Bertz CT molecular complexity index is 905. The number of ether oxygens (including phenoxy) is 2. The Balaban J connectivity index is 1.91. The molecule has 3 rings (SSSR count). The van der Waals surface area contributed by atoms with Crippen molar-refractivity contribution in [3.05, 3.63) is 45.9 Å². The summed E-state index contributed by atoms with van der Waals surface area (Å²) < 4.78 is 11.2. The van der Waals surface area contributed by atoms with Crippen LogP contribution in [0.4, 0.5) is 5.13 Å². The molecule has 0 spiro atoms. The van der Waals surface area contributed by atoms with Crippen LogP contribution in [0.15, 0.2) is 30.3 Å². The maximum Gasteiger partial charge on any atom is 0.257 e. The van der Waals surface area contributed by atoms with Crippen molar-refractivity contribution < 1.29 is 14.3 Å². The zero-order valence-corrected chi connectivity index (χ0v) is 15.1. The van der Waals surface area contributed by atoms with E-state index < -0.39 is 0 Å². The van der Waals surface area contributed by atoms with Gasteiger partial charge in [0.1, 0.15) is 17.0 Å². The lowest BCUT2D eigenvalue weighted by Crippen LogP contribution is -2.12. The minimum Gasteiger partial charge on any atom is -0.497 e. The van der Waals surface area contributed by atoms with Gasteiger partial charge in [-0.1, -0.05) is 34.5 Å². The number of halogens is 2. The van der Waals surface area contributed by atoms with Gasteiger partial charge in [-0.3, -0.25) is 10.1 Å². The Labute approximate surface area is 152 Å². The topological polar surface area (TPSA) is 60.5 Å². The summed E-state index contributed by atoms with van der Waals surface area (Å²) in [7, 11) is 3.05. The number of rotatable bonds is 4. The number of nitrogens with zero attached hydrogens (tertiary/aromatic N) is 1. The molecule has 0 aliphatic heterocycles. The second-order valence-electron chi connectivity index (χ2n) is 4.78. The van der Waals surface area contributed by atoms with Crippen LogP contribution in [0.5, 0.6) is 11.5 Å². The van der Waals surface area contributed by atoms with Gasteiger partial charge >= 0.3 is 0 Å². The summed E-state index contributed by atoms with van der Waals surface area (Å²) in [5.74, 6) is 0.728. The number of anilines is 1. The van der Waals surface area contributed by atoms with E-state index in [4.69, 9.17) is 32.7 Å². The zero-order chi connectivity index (χ0) is 17.3. The molecule has 3 aromatic rings. The molecule has 2 aromatic carbocycles. The summed E-state index contributed by atoms with van der Waals surface area (Å²) in [4.78, 5) is 16.8. The molecule has 0 saturated heterocycles. The average Bonchev–Trinajstić information content (AvgIpc) is 3.01. The summed E-state index contributed by atoms with van der Waals surface area (Å²) in [5.41, 5.74) is 0.960. The summed E-state index contributed by atoms with van der Waals surface area (Å²) in [6.07, 6.45) is 0. The van der Waals surface area contributed by atoms with Crippen molar-refractivity contribution >= 4 is 55.8 Å². The van der Waals surface area contributed by atoms with E-state index in [1.165, 1.54) is 25.6 Å². The molecule has 5 nitrogen and oxygen atoms in total. The van der Waals surface area contributed by atoms with E-state index in [-0.39, 0.29) is 5.91 Å². The van der Waals surface area contributed by atoms with E-state index in [2.05, 4.69) is 10.3 Å². The first kappa shape index (κ1) is 16.8. The molecule has 1 aromatic heterocycles. The Kier molecular flexibility index (Phi) is 4.80. The number of hydrogen-bond donors (Lipinski definition) is 1. The van der Waals surface area contributed by atoms with Gasteiger partial charge in [-0.2, -0.15) is 0 Å². The van der Waals surface area contributed by atoms with Gasteiger partial charge in [0.15, 0.2) is 5.13 Å². The molecule has 1 heterocycles. The van der Waals surface area contributed by atoms with Gasteiger partial charge in [-0.15, -0.1) is 0 Å². The summed E-state index contributed by atoms with van der Waals surface area (Å²) in [6, 6.07) is 8.44. The lowest BCUT2D eigenvalue weighted by atomic mass is 10.2. The number of thiazole rings is 1. The molecule has 0 saturated carbocycles. The third-order valence-corrected chi connectivity index (χ3v) is 5.02. The van der Waals surface area contributed by atoms with Gasteiger partial charge < -0.3 is 9.47 Å². The van der Waals surface area contributed by atoms with Gasteiger partial charge in [0.2, 0.25) is 0 Å². The number of carbonyl (C=O) groups is 1. The van der Waals surface area contributed by atoms with Crippen molar-refractivity contribution in [3.8, 4) is 11.5 Å². The SMILES string of the molecule is COc1cc(OC)cc(C(=O)Nc2nc3c(Cl)c(Cl)ccc3s2)c1. The highest BCUT2D eigenvalue weighted by Crippen LogP contribution is 2.35. The molecule has 0 aliphatic carbocycles. The van der Waals surface area contributed by atoms with Crippen LogP contribution < -0.4 is 14.8 Å². The van der Waals surface area contributed by atoms with E-state index in [0.717, 1.165) is 4.70 Å². The maximum atomic E-state index is 12.5. The second kappa shape index (κ2) is 6.84. The van der Waals surface area contributed by atoms with Crippen LogP contribution in [0.2, 0.25) is 10.0 Å². The van der Waals surface area contributed by atoms with Crippen molar-refractivity contribution in [2.24, 2.45) is 0 Å². The quantitative estimate of drug-likeness (QED) is 0.698. The first-order valence-electron chi connectivity index (χ1n) is 6.81. The highest BCUT2D eigenvalue weighted by molar-refractivity contribution is 7.22. The predicted molar refractivity (Wildman–Crippen MR) is 97.1 cm³/mol. The van der Waals surface area contributed by atoms with Gasteiger partial charge in [-0.25, -0.2) is 4.98 Å². The van der Waals surface area contributed by atoms with Crippen LogP contribution in [0, 0.1) is 0 Å². The number of amides is 1. The number of methoxy groups -OCH3 is 2. The van der Waals surface area contributed by atoms with Crippen LogP contribution in [0.25, 0.3) is 10.2 Å². The molecule has 0 fully saturated rings. The summed E-state index contributed by atoms with van der Waals surface area (Å²) in [6.45, 7) is 0. The van der Waals surface area contributed by atoms with Crippen molar-refractivity contribution in [1.29, 1.82) is 0 Å². The van der Waals surface area contributed by atoms with E-state index in [1.54, 1.807) is 24.3 Å². The van der Waals surface area contributed by atoms with Crippen molar-refractivity contribution in [3.63, 3.8) is 0 Å². The van der Waals surface area contributed by atoms with Crippen molar-refractivity contribution in [2.45, 2.75) is 0 Å². The number of benzene rings is 2. The van der Waals surface area contributed by atoms with Crippen molar-refractivity contribution in [2.75, 3.05) is 19.5 Å². The Morgan fingerprint density at radius 2 is 1.79 bits per heavy atom. The Hall–Kier alpha value is -2.02. The third-order valence-electron chi connectivity index (χ3n) is 3.29. The largest absolute Gasteiger partial charge is 0.497 e. The Morgan fingerprint density at radius 3 is 2.42 bits per heavy atom. The van der Waals surface area contributed by atoms with Crippen LogP contribution in [-0.4, -0.2) is 25.1 Å². The fourth-order valence-corrected chi connectivity index (χ4v) is 3.38. The number of aromatic nitrogens is 1. The van der Waals surface area contributed by atoms with Crippen LogP contribution in [-0.2, 0) is 0 Å². The molecule has 0 bridgehead atoms. The highest BCUT2D eigenvalue weighted by atomic mass is 35.5. The minimum absolute atomic E-state index is 0.325. The molecular weight excluding hydrogens is 371 g/mol. The maximum absolute atomic E-state index is 12.5. The summed E-state index contributed by atoms with van der Waals surface area (Å²) in [5, 5.41) is 3.97. The predicted octanol–water partition coefficient (Wildman–Crippen LogP) is 4.87. The fraction of sp³-hybridized carbons (Fsp3) is 0.125. The molecule has 124 valence electrons. The fourth-order valence-electron chi connectivity index (χ4n) is 2.10. The Morgan fingerprint density at radius 1 is 1.12 bits per heavy atom. The highest BCUT2D eigenvalue weighted by Gasteiger charge is 2.14. The molecule has 0 radical (unpaired) electrons. The molecule has 0 aliphatic rings. The van der Waals surface area contributed by atoms with Crippen LogP contribution >= 0.6 is 34.5 Å². The third kappa shape index (κ3) is 3.26. The normalized spacial score (nSPS) is 10.7. The average molecular weight is 383 g/mol. The molecule has 0 atom stereocenters. The lowest BCUT2D eigenvalue weighted by molar-refractivity contribution is 0.102. The van der Waals surface area contributed by atoms with Gasteiger partial charge in [0.25, 0.3) is 5.91 Å². The van der Waals surface area contributed by atoms with Crippen molar-refractivity contribution in [1.82, 2.24) is 4.98 Å². The summed E-state index contributed by atoms with van der Waals surface area (Å²) >= 11 is 13.4. The van der Waals surface area contributed by atoms with Gasteiger partial charge in [-0.05, 0) is 24.3 Å². The molecule has 1 amide bonds.